The van der Waals surface area contributed by atoms with Gasteiger partial charge in [0.2, 0.25) is 5.91 Å². The molecule has 0 bridgehead atoms. The van der Waals surface area contributed by atoms with Crippen molar-refractivity contribution in [2.75, 3.05) is 52.1 Å². The number of hydrogen-bond acceptors (Lipinski definition) is 5. The van der Waals surface area contributed by atoms with Crippen molar-refractivity contribution in [3.8, 4) is 0 Å². The van der Waals surface area contributed by atoms with E-state index in [4.69, 9.17) is 12.2 Å². The highest BCUT2D eigenvalue weighted by Crippen LogP contribution is 2.16. The first-order valence-electron chi connectivity index (χ1n) is 7.59. The molecule has 0 atom stereocenters. The SMILES string of the molecule is CN(C)C(=O)CN1CCN(C(=S)Nc2ccc([N+](=O)[O-])cc2)CC1. The Hall–Kier alpha value is -2.26. The summed E-state index contributed by atoms with van der Waals surface area (Å²) in [6, 6.07) is 6.15. The number of nitro groups is 1. The molecule has 1 fully saturated rings. The van der Waals surface area contributed by atoms with Crippen molar-refractivity contribution in [1.29, 1.82) is 0 Å². The van der Waals surface area contributed by atoms with Gasteiger partial charge < -0.3 is 15.1 Å². The topological polar surface area (TPSA) is 82.0 Å². The Morgan fingerprint density at radius 1 is 1.25 bits per heavy atom. The number of hydrogen-bond donors (Lipinski definition) is 1. The molecule has 0 radical (unpaired) electrons. The lowest BCUT2D eigenvalue weighted by molar-refractivity contribution is -0.384. The van der Waals surface area contributed by atoms with Crippen LogP contribution in [0.2, 0.25) is 0 Å². The number of carbonyl (C=O) groups excluding carboxylic acids is 1. The zero-order valence-corrected chi connectivity index (χ0v) is 14.6. The number of anilines is 1. The second-order valence-electron chi connectivity index (χ2n) is 5.79. The Labute approximate surface area is 146 Å². The molecule has 0 saturated carbocycles. The van der Waals surface area contributed by atoms with Gasteiger partial charge in [-0.1, -0.05) is 0 Å². The molecule has 24 heavy (non-hydrogen) atoms. The molecular weight excluding hydrogens is 330 g/mol. The van der Waals surface area contributed by atoms with E-state index in [1.54, 1.807) is 31.1 Å². The molecular formula is C15H21N5O3S. The van der Waals surface area contributed by atoms with Crippen LogP contribution in [0.1, 0.15) is 0 Å². The first-order valence-corrected chi connectivity index (χ1v) is 8.00. The van der Waals surface area contributed by atoms with Crippen molar-refractivity contribution < 1.29 is 9.72 Å². The van der Waals surface area contributed by atoms with Crippen LogP contribution in [0.4, 0.5) is 11.4 Å². The van der Waals surface area contributed by atoms with Crippen molar-refractivity contribution in [2.45, 2.75) is 0 Å². The van der Waals surface area contributed by atoms with Gasteiger partial charge in [-0.15, -0.1) is 0 Å². The van der Waals surface area contributed by atoms with Crippen LogP contribution in [-0.4, -0.2) is 77.5 Å². The van der Waals surface area contributed by atoms with Gasteiger partial charge in [-0.25, -0.2) is 0 Å². The van der Waals surface area contributed by atoms with Crippen LogP contribution < -0.4 is 5.32 Å². The van der Waals surface area contributed by atoms with Gasteiger partial charge in [-0.05, 0) is 24.4 Å². The zero-order chi connectivity index (χ0) is 17.7. The fraction of sp³-hybridized carbons (Fsp3) is 0.467. The molecule has 1 saturated heterocycles. The molecule has 1 aliphatic rings. The van der Waals surface area contributed by atoms with Crippen LogP contribution in [0.15, 0.2) is 24.3 Å². The second kappa shape index (κ2) is 8.02. The summed E-state index contributed by atoms with van der Waals surface area (Å²) < 4.78 is 0. The van der Waals surface area contributed by atoms with Crippen molar-refractivity contribution in [2.24, 2.45) is 0 Å². The average molecular weight is 351 g/mol. The van der Waals surface area contributed by atoms with Crippen molar-refractivity contribution in [3.63, 3.8) is 0 Å². The van der Waals surface area contributed by atoms with Gasteiger partial charge in [0.15, 0.2) is 5.11 Å². The number of thiocarbonyl (C=S) groups is 1. The molecule has 9 heteroatoms. The van der Waals surface area contributed by atoms with E-state index in [1.807, 2.05) is 4.90 Å². The van der Waals surface area contributed by atoms with Gasteiger partial charge in [0.05, 0.1) is 11.5 Å². The van der Waals surface area contributed by atoms with Crippen LogP contribution in [0.3, 0.4) is 0 Å². The minimum atomic E-state index is -0.434. The summed E-state index contributed by atoms with van der Waals surface area (Å²) in [4.78, 5) is 27.7. The third-order valence-corrected chi connectivity index (χ3v) is 4.21. The first-order chi connectivity index (χ1) is 11.4. The molecule has 1 heterocycles. The van der Waals surface area contributed by atoms with Gasteiger partial charge in [0.25, 0.3) is 5.69 Å². The highest BCUT2D eigenvalue weighted by Gasteiger charge is 2.21. The van der Waals surface area contributed by atoms with E-state index in [1.165, 1.54) is 12.1 Å². The summed E-state index contributed by atoms with van der Waals surface area (Å²) in [5.41, 5.74) is 0.765. The molecule has 1 aliphatic heterocycles. The Kier molecular flexibility index (Phi) is 6.04. The van der Waals surface area contributed by atoms with E-state index in [0.29, 0.717) is 11.7 Å². The summed E-state index contributed by atoms with van der Waals surface area (Å²) in [5.74, 6) is 0.0926. The summed E-state index contributed by atoms with van der Waals surface area (Å²) in [6.45, 7) is 3.42. The Balaban J connectivity index is 1.82. The van der Waals surface area contributed by atoms with Crippen molar-refractivity contribution in [1.82, 2.24) is 14.7 Å². The number of rotatable bonds is 4. The van der Waals surface area contributed by atoms with Crippen LogP contribution >= 0.6 is 12.2 Å². The maximum atomic E-state index is 11.7. The van der Waals surface area contributed by atoms with Gasteiger partial charge >= 0.3 is 0 Å². The highest BCUT2D eigenvalue weighted by atomic mass is 32.1. The number of nitrogens with one attached hydrogen (secondary N) is 1. The number of non-ortho nitro benzene ring substituents is 1. The van der Waals surface area contributed by atoms with E-state index >= 15 is 0 Å². The molecule has 1 aromatic carbocycles. The van der Waals surface area contributed by atoms with Gasteiger partial charge in [-0.3, -0.25) is 19.8 Å². The third-order valence-electron chi connectivity index (χ3n) is 3.85. The van der Waals surface area contributed by atoms with Crippen LogP contribution in [0, 0.1) is 10.1 Å². The number of benzene rings is 1. The maximum Gasteiger partial charge on any atom is 0.269 e. The molecule has 0 unspecified atom stereocenters. The number of piperazine rings is 1. The van der Waals surface area contributed by atoms with Crippen molar-refractivity contribution in [3.05, 3.63) is 34.4 Å². The van der Waals surface area contributed by atoms with E-state index in [2.05, 4.69) is 10.2 Å². The van der Waals surface area contributed by atoms with Crippen LogP contribution in [0.25, 0.3) is 0 Å². The van der Waals surface area contributed by atoms with Crippen LogP contribution in [0.5, 0.6) is 0 Å². The maximum absolute atomic E-state index is 11.7. The van der Waals surface area contributed by atoms with Gasteiger partial charge in [-0.2, -0.15) is 0 Å². The molecule has 130 valence electrons. The summed E-state index contributed by atoms with van der Waals surface area (Å²) >= 11 is 5.40. The minimum absolute atomic E-state index is 0.0469. The summed E-state index contributed by atoms with van der Waals surface area (Å²) in [6.07, 6.45) is 0. The van der Waals surface area contributed by atoms with Crippen LogP contribution in [-0.2, 0) is 4.79 Å². The number of carbonyl (C=O) groups is 1. The predicted molar refractivity (Wildman–Crippen MR) is 96.0 cm³/mol. The molecule has 1 aromatic rings. The van der Waals surface area contributed by atoms with E-state index < -0.39 is 4.92 Å². The fourth-order valence-corrected chi connectivity index (χ4v) is 2.61. The number of nitrogens with zero attached hydrogens (tertiary/aromatic N) is 4. The fourth-order valence-electron chi connectivity index (χ4n) is 2.31. The number of nitro benzene ring substituents is 1. The number of likely N-dealkylation sites (N-methyl/N-ethyl adjacent to an activating group) is 1. The molecule has 8 nitrogen and oxygen atoms in total. The smallest absolute Gasteiger partial charge is 0.269 e. The van der Waals surface area contributed by atoms with E-state index in [9.17, 15) is 14.9 Å². The lowest BCUT2D eigenvalue weighted by atomic mass is 10.3. The monoisotopic (exact) mass is 351 g/mol. The Morgan fingerprint density at radius 2 is 1.83 bits per heavy atom. The second-order valence-corrected chi connectivity index (χ2v) is 6.17. The number of amides is 1. The third kappa shape index (κ3) is 4.87. The Morgan fingerprint density at radius 3 is 2.33 bits per heavy atom. The highest BCUT2D eigenvalue weighted by molar-refractivity contribution is 7.80. The normalized spacial score (nSPS) is 15.0. The predicted octanol–water partition coefficient (Wildman–Crippen LogP) is 0.997. The molecule has 2 rings (SSSR count). The standard InChI is InChI=1S/C15H21N5O3S/c1-17(2)14(21)11-18-7-9-19(10-8-18)15(24)16-12-3-5-13(6-4-12)20(22)23/h3-6H,7-11H2,1-2H3,(H,16,24). The summed E-state index contributed by atoms with van der Waals surface area (Å²) in [5, 5.41) is 14.3. The molecule has 1 N–H and O–H groups in total. The molecule has 0 spiro atoms. The van der Waals surface area contributed by atoms with E-state index in [-0.39, 0.29) is 11.6 Å². The lowest BCUT2D eigenvalue weighted by Crippen LogP contribution is -2.51. The largest absolute Gasteiger partial charge is 0.348 e. The average Bonchev–Trinajstić information content (AvgIpc) is 2.55. The van der Waals surface area contributed by atoms with Gasteiger partial charge in [0.1, 0.15) is 0 Å². The van der Waals surface area contributed by atoms with E-state index in [0.717, 1.165) is 31.9 Å². The Bertz CT molecular complexity index is 612. The quantitative estimate of drug-likeness (QED) is 0.492. The summed E-state index contributed by atoms with van der Waals surface area (Å²) in [7, 11) is 3.50. The first kappa shape index (κ1) is 18.1. The molecule has 0 aliphatic carbocycles. The molecule has 0 aromatic heterocycles. The minimum Gasteiger partial charge on any atom is -0.348 e. The zero-order valence-electron chi connectivity index (χ0n) is 13.8. The van der Waals surface area contributed by atoms with Crippen molar-refractivity contribution >= 4 is 34.6 Å². The lowest BCUT2D eigenvalue weighted by Gasteiger charge is -2.36. The molecule has 1 amide bonds. The van der Waals surface area contributed by atoms with Gasteiger partial charge in [0, 0.05) is 58.1 Å².